The number of benzene rings is 2. The summed E-state index contributed by atoms with van der Waals surface area (Å²) in [5.41, 5.74) is 2.86. The zero-order valence-electron chi connectivity index (χ0n) is 11.5. The number of hydrogen-bond acceptors (Lipinski definition) is 5. The molecule has 0 spiro atoms. The third-order valence-corrected chi connectivity index (χ3v) is 4.65. The van der Waals surface area contributed by atoms with Crippen LogP contribution in [0.1, 0.15) is 5.56 Å². The number of nitrogens with zero attached hydrogens (tertiary/aromatic N) is 3. The Balaban J connectivity index is 2.00. The van der Waals surface area contributed by atoms with Crippen LogP contribution in [-0.4, -0.2) is 15.1 Å². The van der Waals surface area contributed by atoms with Crippen LogP contribution in [0.2, 0.25) is 0 Å². The lowest BCUT2D eigenvalue weighted by atomic mass is 10.1. The van der Waals surface area contributed by atoms with Crippen molar-refractivity contribution < 1.29 is 4.92 Å². The van der Waals surface area contributed by atoms with E-state index in [1.165, 1.54) is 23.5 Å². The molecule has 7 heteroatoms. The van der Waals surface area contributed by atoms with E-state index < -0.39 is 4.92 Å². The lowest BCUT2D eigenvalue weighted by Crippen LogP contribution is -1.87. The molecule has 0 saturated carbocycles. The molecule has 0 radical (unpaired) electrons. The molecule has 110 valence electrons. The van der Waals surface area contributed by atoms with Crippen LogP contribution in [0, 0.1) is 17.0 Å². The topological polar surface area (TPSA) is 68.9 Å². The summed E-state index contributed by atoms with van der Waals surface area (Å²) in [5, 5.41) is 20.7. The first-order valence-electron chi connectivity index (χ1n) is 6.39. The van der Waals surface area contributed by atoms with Gasteiger partial charge in [-0.05, 0) is 24.6 Å². The molecule has 0 amide bonds. The van der Waals surface area contributed by atoms with Crippen molar-refractivity contribution in [2.24, 2.45) is 0 Å². The molecule has 0 aliphatic rings. The number of nitro groups is 1. The van der Waals surface area contributed by atoms with Gasteiger partial charge in [-0.3, -0.25) is 10.1 Å². The van der Waals surface area contributed by atoms with E-state index in [1.54, 1.807) is 12.1 Å². The molecule has 0 atom stereocenters. The van der Waals surface area contributed by atoms with Crippen molar-refractivity contribution in [1.29, 1.82) is 0 Å². The molecule has 0 bridgehead atoms. The molecule has 0 saturated heterocycles. The van der Waals surface area contributed by atoms with Crippen LogP contribution in [-0.2, 0) is 0 Å². The van der Waals surface area contributed by atoms with Crippen LogP contribution in [0.25, 0.3) is 21.1 Å². The first-order chi connectivity index (χ1) is 10.5. The Hall–Kier alpha value is -2.12. The van der Waals surface area contributed by atoms with E-state index in [0.29, 0.717) is 10.6 Å². The number of hydrogen-bond donors (Lipinski definition) is 0. The van der Waals surface area contributed by atoms with E-state index in [0.717, 1.165) is 20.6 Å². The van der Waals surface area contributed by atoms with Gasteiger partial charge in [0.2, 0.25) is 0 Å². The first-order valence-corrected chi connectivity index (χ1v) is 8.00. The molecule has 0 aliphatic heterocycles. The Morgan fingerprint density at radius 1 is 1.14 bits per heavy atom. The molecule has 0 N–H and O–H groups in total. The van der Waals surface area contributed by atoms with Gasteiger partial charge < -0.3 is 0 Å². The average molecular weight is 376 g/mol. The molecular formula is C15H10BrN3O2S. The largest absolute Gasteiger partial charge is 0.270 e. The highest BCUT2D eigenvalue weighted by Gasteiger charge is 2.13. The minimum atomic E-state index is -0.412. The summed E-state index contributed by atoms with van der Waals surface area (Å²) in [4.78, 5) is 10.4. The minimum absolute atomic E-state index is 0.0501. The second-order valence-electron chi connectivity index (χ2n) is 4.68. The fraction of sp³-hybridized carbons (Fsp3) is 0.0667. The third-order valence-electron chi connectivity index (χ3n) is 3.15. The van der Waals surface area contributed by atoms with Gasteiger partial charge in [-0.25, -0.2) is 0 Å². The molecule has 22 heavy (non-hydrogen) atoms. The van der Waals surface area contributed by atoms with Gasteiger partial charge in [-0.15, -0.1) is 10.2 Å². The Morgan fingerprint density at radius 3 is 2.64 bits per heavy atom. The normalized spacial score (nSPS) is 10.6. The summed E-state index contributed by atoms with van der Waals surface area (Å²) in [5.74, 6) is 0. The summed E-state index contributed by atoms with van der Waals surface area (Å²) >= 11 is 4.86. The highest BCUT2D eigenvalue weighted by atomic mass is 79.9. The van der Waals surface area contributed by atoms with E-state index in [1.807, 2.05) is 25.1 Å². The molecule has 3 aromatic rings. The monoisotopic (exact) mass is 375 g/mol. The van der Waals surface area contributed by atoms with Gasteiger partial charge in [0, 0.05) is 27.7 Å². The standard InChI is InChI=1S/C15H10BrN3O2S/c1-9-7-11(16)5-6-13(9)15-18-17-14(22-15)10-3-2-4-12(8-10)19(20)21/h2-8H,1H3. The highest BCUT2D eigenvalue weighted by molar-refractivity contribution is 9.10. The Labute approximate surface area is 138 Å². The van der Waals surface area contributed by atoms with Gasteiger partial charge in [-0.2, -0.15) is 0 Å². The molecule has 5 nitrogen and oxygen atoms in total. The Kier molecular flexibility index (Phi) is 4.00. The fourth-order valence-corrected chi connectivity index (χ4v) is 3.47. The third kappa shape index (κ3) is 2.90. The maximum Gasteiger partial charge on any atom is 0.270 e. The molecule has 0 aliphatic carbocycles. The quantitative estimate of drug-likeness (QED) is 0.484. The molecular weight excluding hydrogens is 366 g/mol. The number of rotatable bonds is 3. The van der Waals surface area contributed by atoms with Crippen LogP contribution in [0.5, 0.6) is 0 Å². The smallest absolute Gasteiger partial charge is 0.258 e. The van der Waals surface area contributed by atoms with Crippen molar-refractivity contribution in [2.45, 2.75) is 6.92 Å². The van der Waals surface area contributed by atoms with Crippen molar-refractivity contribution >= 4 is 33.0 Å². The number of halogens is 1. The zero-order valence-corrected chi connectivity index (χ0v) is 13.9. The minimum Gasteiger partial charge on any atom is -0.258 e. The van der Waals surface area contributed by atoms with E-state index >= 15 is 0 Å². The number of aromatic nitrogens is 2. The molecule has 1 heterocycles. The Morgan fingerprint density at radius 2 is 1.91 bits per heavy atom. The summed E-state index contributed by atoms with van der Waals surface area (Å²) in [6, 6.07) is 12.4. The van der Waals surface area contributed by atoms with Crippen LogP contribution in [0.4, 0.5) is 5.69 Å². The zero-order chi connectivity index (χ0) is 15.7. The van der Waals surface area contributed by atoms with E-state index in [2.05, 4.69) is 26.1 Å². The van der Waals surface area contributed by atoms with Gasteiger partial charge >= 0.3 is 0 Å². The van der Waals surface area contributed by atoms with Gasteiger partial charge in [0.05, 0.1) is 4.92 Å². The lowest BCUT2D eigenvalue weighted by Gasteiger charge is -2.01. The maximum absolute atomic E-state index is 10.9. The van der Waals surface area contributed by atoms with Crippen LogP contribution in [0.15, 0.2) is 46.9 Å². The molecule has 3 rings (SSSR count). The van der Waals surface area contributed by atoms with Crippen molar-refractivity contribution in [3.8, 4) is 21.1 Å². The van der Waals surface area contributed by atoms with E-state index in [4.69, 9.17) is 0 Å². The summed E-state index contributed by atoms with van der Waals surface area (Å²) < 4.78 is 1.01. The second kappa shape index (κ2) is 5.94. The van der Waals surface area contributed by atoms with Crippen molar-refractivity contribution in [1.82, 2.24) is 10.2 Å². The predicted molar refractivity (Wildman–Crippen MR) is 89.9 cm³/mol. The van der Waals surface area contributed by atoms with Gasteiger partial charge in [0.25, 0.3) is 5.69 Å². The number of nitro benzene ring substituents is 1. The molecule has 2 aromatic carbocycles. The van der Waals surface area contributed by atoms with Gasteiger partial charge in [0.1, 0.15) is 10.0 Å². The first kappa shape index (κ1) is 14.8. The average Bonchev–Trinajstić information content (AvgIpc) is 2.97. The predicted octanol–water partition coefficient (Wildman–Crippen LogP) is 4.85. The summed E-state index contributed by atoms with van der Waals surface area (Å²) in [7, 11) is 0. The van der Waals surface area contributed by atoms with Crippen molar-refractivity contribution in [3.05, 3.63) is 62.6 Å². The maximum atomic E-state index is 10.9. The van der Waals surface area contributed by atoms with Crippen LogP contribution < -0.4 is 0 Å². The van der Waals surface area contributed by atoms with Crippen LogP contribution >= 0.6 is 27.3 Å². The fourth-order valence-electron chi connectivity index (χ4n) is 2.07. The SMILES string of the molecule is Cc1cc(Br)ccc1-c1nnc(-c2cccc([N+](=O)[O-])c2)s1. The van der Waals surface area contributed by atoms with Gasteiger partial charge in [0.15, 0.2) is 0 Å². The molecule has 0 fully saturated rings. The summed E-state index contributed by atoms with van der Waals surface area (Å²) in [6.07, 6.45) is 0. The van der Waals surface area contributed by atoms with E-state index in [9.17, 15) is 10.1 Å². The van der Waals surface area contributed by atoms with Gasteiger partial charge in [-0.1, -0.05) is 45.5 Å². The summed E-state index contributed by atoms with van der Waals surface area (Å²) in [6.45, 7) is 2.01. The molecule has 0 unspecified atom stereocenters. The number of non-ortho nitro benzene ring substituents is 1. The second-order valence-corrected chi connectivity index (χ2v) is 6.57. The molecule has 1 aromatic heterocycles. The lowest BCUT2D eigenvalue weighted by molar-refractivity contribution is -0.384. The Bertz CT molecular complexity index is 863. The van der Waals surface area contributed by atoms with Crippen LogP contribution in [0.3, 0.4) is 0 Å². The highest BCUT2D eigenvalue weighted by Crippen LogP contribution is 2.33. The van der Waals surface area contributed by atoms with Crippen molar-refractivity contribution in [2.75, 3.05) is 0 Å². The van der Waals surface area contributed by atoms with E-state index in [-0.39, 0.29) is 5.69 Å². The number of aryl methyl sites for hydroxylation is 1. The van der Waals surface area contributed by atoms with Crippen molar-refractivity contribution in [3.63, 3.8) is 0 Å².